The van der Waals surface area contributed by atoms with Gasteiger partial charge in [-0.2, -0.15) is 0 Å². The van der Waals surface area contributed by atoms with Gasteiger partial charge in [0.1, 0.15) is 11.4 Å². The fraction of sp³-hybridized carbons (Fsp3) is 0.562. The highest BCUT2D eigenvalue weighted by Crippen LogP contribution is 2.16. The van der Waals surface area contributed by atoms with Crippen LogP contribution in [0.3, 0.4) is 0 Å². The van der Waals surface area contributed by atoms with Gasteiger partial charge in [-0.15, -0.1) is 0 Å². The summed E-state index contributed by atoms with van der Waals surface area (Å²) >= 11 is 0. The first-order chi connectivity index (χ1) is 10.5. The van der Waals surface area contributed by atoms with Crippen LogP contribution in [0.5, 0.6) is 0 Å². The van der Waals surface area contributed by atoms with Crippen molar-refractivity contribution in [2.24, 2.45) is 0 Å². The minimum atomic E-state index is -3.13. The summed E-state index contributed by atoms with van der Waals surface area (Å²) in [6, 6.07) is 5.24. The Morgan fingerprint density at radius 1 is 1.17 bits per heavy atom. The zero-order valence-electron chi connectivity index (χ0n) is 13.8. The van der Waals surface area contributed by atoms with E-state index in [-0.39, 0.29) is 11.9 Å². The summed E-state index contributed by atoms with van der Waals surface area (Å²) in [6.07, 6.45) is -0.885. The zero-order chi connectivity index (χ0) is 17.7. The average Bonchev–Trinajstić information content (AvgIpc) is 2.42. The van der Waals surface area contributed by atoms with E-state index in [1.165, 1.54) is 24.3 Å². The number of hydrogen-bond acceptors (Lipinski definition) is 3. The first-order valence-corrected chi connectivity index (χ1v) is 7.32. The molecule has 0 aromatic heterocycles. The molecule has 1 atom stereocenters. The quantitative estimate of drug-likeness (QED) is 0.836. The lowest BCUT2D eigenvalue weighted by Gasteiger charge is -2.23. The van der Waals surface area contributed by atoms with Gasteiger partial charge in [0.15, 0.2) is 0 Å². The Balaban J connectivity index is 2.42. The third-order valence-corrected chi connectivity index (χ3v) is 2.93. The Bertz CT molecular complexity index is 513. The second kappa shape index (κ2) is 7.68. The van der Waals surface area contributed by atoms with Gasteiger partial charge in [-0.3, -0.25) is 0 Å². The van der Waals surface area contributed by atoms with Crippen LogP contribution in [-0.4, -0.2) is 30.7 Å². The van der Waals surface area contributed by atoms with Crippen LogP contribution in [0.25, 0.3) is 0 Å². The van der Waals surface area contributed by atoms with Crippen LogP contribution in [0, 0.1) is 5.82 Å². The SMILES string of the molecule is CC(NCC(F)(F)CNC(=O)OC(C)(C)C)c1ccc(F)cc1. The molecule has 1 amide bonds. The van der Waals surface area contributed by atoms with Crippen molar-refractivity contribution in [1.82, 2.24) is 10.6 Å². The van der Waals surface area contributed by atoms with E-state index in [0.717, 1.165) is 0 Å². The molecule has 1 aromatic carbocycles. The Labute approximate surface area is 134 Å². The van der Waals surface area contributed by atoms with E-state index >= 15 is 0 Å². The molecule has 0 aliphatic carbocycles. The van der Waals surface area contributed by atoms with Gasteiger partial charge in [0.05, 0.1) is 13.1 Å². The van der Waals surface area contributed by atoms with Gasteiger partial charge >= 0.3 is 6.09 Å². The number of rotatable bonds is 6. The third-order valence-electron chi connectivity index (χ3n) is 2.93. The number of alkyl halides is 2. The molecule has 2 N–H and O–H groups in total. The minimum absolute atomic E-state index is 0.372. The van der Waals surface area contributed by atoms with Crippen molar-refractivity contribution in [2.75, 3.05) is 13.1 Å². The summed E-state index contributed by atoms with van der Waals surface area (Å²) in [5.41, 5.74) is -0.0448. The van der Waals surface area contributed by atoms with Crippen molar-refractivity contribution in [1.29, 1.82) is 0 Å². The summed E-state index contributed by atoms with van der Waals surface area (Å²) in [5, 5.41) is 4.72. The van der Waals surface area contributed by atoms with Gasteiger partial charge < -0.3 is 15.4 Å². The Hall–Kier alpha value is -1.76. The van der Waals surface area contributed by atoms with Gasteiger partial charge in [0.2, 0.25) is 0 Å². The molecular weight excluding hydrogens is 309 g/mol. The number of carbonyl (C=O) groups excluding carboxylic acids is 1. The molecule has 0 aliphatic rings. The van der Waals surface area contributed by atoms with Gasteiger partial charge in [-0.25, -0.2) is 18.0 Å². The molecule has 0 heterocycles. The second-order valence-corrected chi connectivity index (χ2v) is 6.37. The standard InChI is InChI=1S/C16H23F3N2O2/c1-11(12-5-7-13(17)8-6-12)20-9-16(18,19)10-21-14(22)23-15(2,3)4/h5-8,11,20H,9-10H2,1-4H3,(H,21,22). The van der Waals surface area contributed by atoms with Gasteiger partial charge in [-0.05, 0) is 45.4 Å². The van der Waals surface area contributed by atoms with E-state index in [9.17, 15) is 18.0 Å². The number of halogens is 3. The van der Waals surface area contributed by atoms with Crippen LogP contribution in [0.15, 0.2) is 24.3 Å². The predicted octanol–water partition coefficient (Wildman–Crippen LogP) is 3.64. The van der Waals surface area contributed by atoms with Crippen LogP contribution in [0.4, 0.5) is 18.0 Å². The Kier molecular flexibility index (Phi) is 6.44. The number of amides is 1. The van der Waals surface area contributed by atoms with Crippen molar-refractivity contribution >= 4 is 6.09 Å². The molecule has 1 unspecified atom stereocenters. The lowest BCUT2D eigenvalue weighted by Crippen LogP contribution is -2.45. The van der Waals surface area contributed by atoms with Gasteiger partial charge in [0, 0.05) is 6.04 Å². The smallest absolute Gasteiger partial charge is 0.407 e. The Morgan fingerprint density at radius 3 is 2.26 bits per heavy atom. The van der Waals surface area contributed by atoms with Crippen LogP contribution >= 0.6 is 0 Å². The summed E-state index contributed by atoms with van der Waals surface area (Å²) in [7, 11) is 0. The summed E-state index contributed by atoms with van der Waals surface area (Å²) in [4.78, 5) is 11.4. The van der Waals surface area contributed by atoms with Crippen molar-refractivity contribution in [3.8, 4) is 0 Å². The van der Waals surface area contributed by atoms with Crippen molar-refractivity contribution in [3.05, 3.63) is 35.6 Å². The molecule has 0 aliphatic heterocycles. The fourth-order valence-corrected chi connectivity index (χ4v) is 1.75. The Morgan fingerprint density at radius 2 is 1.74 bits per heavy atom. The van der Waals surface area contributed by atoms with E-state index in [4.69, 9.17) is 4.74 Å². The molecule has 0 bridgehead atoms. The lowest BCUT2D eigenvalue weighted by molar-refractivity contribution is -0.00525. The first kappa shape index (κ1) is 19.3. The van der Waals surface area contributed by atoms with Crippen LogP contribution in [-0.2, 0) is 4.74 Å². The summed E-state index contributed by atoms with van der Waals surface area (Å²) in [5.74, 6) is -3.52. The maximum absolute atomic E-state index is 13.8. The highest BCUT2D eigenvalue weighted by atomic mass is 19.3. The first-order valence-electron chi connectivity index (χ1n) is 7.32. The van der Waals surface area contributed by atoms with Crippen molar-refractivity contribution < 1.29 is 22.7 Å². The molecule has 4 nitrogen and oxygen atoms in total. The summed E-state index contributed by atoms with van der Waals surface area (Å²) < 4.78 is 45.3. The van der Waals surface area contributed by atoms with E-state index in [1.54, 1.807) is 27.7 Å². The molecule has 0 saturated carbocycles. The van der Waals surface area contributed by atoms with Gasteiger partial charge in [0.25, 0.3) is 5.92 Å². The normalized spacial score (nSPS) is 13.5. The van der Waals surface area contributed by atoms with Crippen molar-refractivity contribution in [3.63, 3.8) is 0 Å². The summed E-state index contributed by atoms with van der Waals surface area (Å²) in [6.45, 7) is 5.20. The van der Waals surface area contributed by atoms with E-state index < -0.39 is 30.7 Å². The fourth-order valence-electron chi connectivity index (χ4n) is 1.75. The molecule has 1 aromatic rings. The van der Waals surface area contributed by atoms with Crippen LogP contribution < -0.4 is 10.6 Å². The minimum Gasteiger partial charge on any atom is -0.444 e. The zero-order valence-corrected chi connectivity index (χ0v) is 13.8. The number of hydrogen-bond donors (Lipinski definition) is 2. The topological polar surface area (TPSA) is 50.4 Å². The third kappa shape index (κ3) is 7.88. The van der Waals surface area contributed by atoms with E-state index in [2.05, 4.69) is 5.32 Å². The molecule has 23 heavy (non-hydrogen) atoms. The van der Waals surface area contributed by atoms with Crippen molar-refractivity contribution in [2.45, 2.75) is 45.3 Å². The maximum atomic E-state index is 13.8. The second-order valence-electron chi connectivity index (χ2n) is 6.37. The molecule has 130 valence electrons. The van der Waals surface area contributed by atoms with E-state index in [1.807, 2.05) is 5.32 Å². The number of carbonyl (C=O) groups is 1. The lowest BCUT2D eigenvalue weighted by atomic mass is 10.1. The highest BCUT2D eigenvalue weighted by molar-refractivity contribution is 5.67. The monoisotopic (exact) mass is 332 g/mol. The van der Waals surface area contributed by atoms with Crippen LogP contribution in [0.2, 0.25) is 0 Å². The largest absolute Gasteiger partial charge is 0.444 e. The maximum Gasteiger partial charge on any atom is 0.407 e. The molecule has 0 saturated heterocycles. The number of nitrogens with one attached hydrogen (secondary N) is 2. The number of alkyl carbamates (subject to hydrolysis) is 1. The number of ether oxygens (including phenoxy) is 1. The molecule has 7 heteroatoms. The average molecular weight is 332 g/mol. The molecule has 1 rings (SSSR count). The molecule has 0 fully saturated rings. The molecule has 0 radical (unpaired) electrons. The van der Waals surface area contributed by atoms with E-state index in [0.29, 0.717) is 5.56 Å². The van der Waals surface area contributed by atoms with Gasteiger partial charge in [-0.1, -0.05) is 12.1 Å². The molecular formula is C16H23F3N2O2. The predicted molar refractivity (Wildman–Crippen MR) is 82.0 cm³/mol. The van der Waals surface area contributed by atoms with Crippen LogP contribution in [0.1, 0.15) is 39.3 Å². The molecule has 0 spiro atoms. The highest BCUT2D eigenvalue weighted by Gasteiger charge is 2.30. The number of benzene rings is 1.